The topological polar surface area (TPSA) is 54.1 Å². The van der Waals surface area contributed by atoms with Gasteiger partial charge in [-0.1, -0.05) is 0 Å². The number of aliphatic imine (C=N–C) groups is 1. The predicted molar refractivity (Wildman–Crippen MR) is 37.5 cm³/mol. The van der Waals surface area contributed by atoms with Gasteiger partial charge in [0.05, 0.1) is 6.21 Å². The minimum Gasteiger partial charge on any atom is -0.286 e. The van der Waals surface area contributed by atoms with E-state index in [1.807, 2.05) is 0 Å². The Morgan fingerprint density at radius 2 is 2.30 bits per heavy atom. The Morgan fingerprint density at radius 1 is 1.40 bits per heavy atom. The summed E-state index contributed by atoms with van der Waals surface area (Å²) in [5, 5.41) is 7.17. The highest BCUT2D eigenvalue weighted by Crippen LogP contribution is 2.02. The third-order valence-electron chi connectivity index (χ3n) is 1.25. The van der Waals surface area contributed by atoms with Crippen LogP contribution in [-0.4, -0.2) is 23.4 Å². The molecular weight excluding hydrogens is 130 g/mol. The molecule has 2 heterocycles. The van der Waals surface area contributed by atoms with Crippen molar-refractivity contribution in [3.8, 4) is 0 Å². The molecule has 0 saturated carbocycles. The first-order valence-electron chi connectivity index (χ1n) is 2.78. The average Bonchev–Trinajstić information content (AvgIpc) is 2.36. The molecule has 0 fully saturated rings. The Hall–Kier alpha value is -1.58. The Labute approximate surface area is 56.7 Å². The van der Waals surface area contributed by atoms with Gasteiger partial charge >= 0.3 is 0 Å². The van der Waals surface area contributed by atoms with E-state index in [4.69, 9.17) is 0 Å². The summed E-state index contributed by atoms with van der Waals surface area (Å²) in [6.07, 6.45) is 4.36. The standard InChI is InChI=1S/C6H3N3O/c10-5-3-8-9-4-1-2-7-6(4)5/h1-3H. The summed E-state index contributed by atoms with van der Waals surface area (Å²) in [5.74, 6) is -0.171. The SMILES string of the molecule is O=C1C=NN=C2C=CN=C12. The van der Waals surface area contributed by atoms with Crippen LogP contribution >= 0.6 is 0 Å². The van der Waals surface area contributed by atoms with Gasteiger partial charge in [-0.15, -0.1) is 5.10 Å². The molecule has 0 unspecified atom stereocenters. The molecule has 0 bridgehead atoms. The molecule has 0 amide bonds. The van der Waals surface area contributed by atoms with Crippen LogP contribution in [0.1, 0.15) is 0 Å². The van der Waals surface area contributed by atoms with Crippen molar-refractivity contribution < 1.29 is 4.79 Å². The second-order valence-corrected chi connectivity index (χ2v) is 1.89. The van der Waals surface area contributed by atoms with Gasteiger partial charge in [-0.3, -0.25) is 9.79 Å². The van der Waals surface area contributed by atoms with Crippen LogP contribution in [0.25, 0.3) is 0 Å². The van der Waals surface area contributed by atoms with Gasteiger partial charge in [0.1, 0.15) is 11.4 Å². The fraction of sp³-hybridized carbons (Fsp3) is 0. The molecule has 0 N–H and O–H groups in total. The van der Waals surface area contributed by atoms with Crippen LogP contribution in [0.15, 0.2) is 27.5 Å². The minimum atomic E-state index is -0.171. The molecule has 2 aliphatic rings. The number of fused-ring (bicyclic) bond motifs is 1. The van der Waals surface area contributed by atoms with Crippen molar-refractivity contribution in [2.45, 2.75) is 0 Å². The molecule has 4 nitrogen and oxygen atoms in total. The van der Waals surface area contributed by atoms with E-state index in [-0.39, 0.29) is 5.78 Å². The first-order chi connectivity index (χ1) is 4.88. The van der Waals surface area contributed by atoms with Crippen LogP contribution in [0.4, 0.5) is 0 Å². The highest BCUT2D eigenvalue weighted by atomic mass is 16.1. The van der Waals surface area contributed by atoms with Crippen molar-refractivity contribution in [1.82, 2.24) is 0 Å². The summed E-state index contributed by atoms with van der Waals surface area (Å²) >= 11 is 0. The normalized spacial score (nSPS) is 20.6. The van der Waals surface area contributed by atoms with Crippen LogP contribution in [0, 0.1) is 0 Å². The number of carbonyl (C=O) groups excluding carboxylic acids is 1. The van der Waals surface area contributed by atoms with Crippen molar-refractivity contribution in [3.05, 3.63) is 12.3 Å². The van der Waals surface area contributed by atoms with E-state index in [9.17, 15) is 4.79 Å². The van der Waals surface area contributed by atoms with Gasteiger partial charge in [0.15, 0.2) is 0 Å². The van der Waals surface area contributed by atoms with Crippen molar-refractivity contribution in [2.24, 2.45) is 15.2 Å². The molecule has 0 saturated heterocycles. The van der Waals surface area contributed by atoms with Crippen molar-refractivity contribution in [1.29, 1.82) is 0 Å². The second-order valence-electron chi connectivity index (χ2n) is 1.89. The van der Waals surface area contributed by atoms with Crippen molar-refractivity contribution >= 4 is 23.4 Å². The number of Topliss-reactive ketones (excluding diaryl/α,β-unsaturated/α-hetero) is 1. The number of allylic oxidation sites excluding steroid dienone is 1. The molecule has 48 valence electrons. The number of ketones is 1. The lowest BCUT2D eigenvalue weighted by atomic mass is 10.2. The Morgan fingerprint density at radius 3 is 3.10 bits per heavy atom. The van der Waals surface area contributed by atoms with Crippen LogP contribution < -0.4 is 0 Å². The summed E-state index contributed by atoms with van der Waals surface area (Å²) in [6.45, 7) is 0. The van der Waals surface area contributed by atoms with Crippen LogP contribution in [0.5, 0.6) is 0 Å². The van der Waals surface area contributed by atoms with Gasteiger partial charge in [0, 0.05) is 6.20 Å². The Balaban J connectivity index is 2.54. The van der Waals surface area contributed by atoms with E-state index in [1.165, 1.54) is 0 Å². The lowest BCUT2D eigenvalue weighted by Gasteiger charge is -1.97. The highest BCUT2D eigenvalue weighted by molar-refractivity contribution is 6.80. The summed E-state index contributed by atoms with van der Waals surface area (Å²) in [5.41, 5.74) is 0.961. The first kappa shape index (κ1) is 5.22. The molecule has 0 aromatic rings. The maximum Gasteiger partial charge on any atom is 0.226 e. The molecule has 0 aromatic carbocycles. The molecule has 0 radical (unpaired) electrons. The molecule has 4 heteroatoms. The smallest absolute Gasteiger partial charge is 0.226 e. The molecule has 0 aromatic heterocycles. The Bertz CT molecular complexity index is 303. The van der Waals surface area contributed by atoms with Crippen molar-refractivity contribution in [2.75, 3.05) is 0 Å². The van der Waals surface area contributed by atoms with E-state index in [0.29, 0.717) is 11.4 Å². The molecule has 2 rings (SSSR count). The first-order valence-corrected chi connectivity index (χ1v) is 2.78. The number of rotatable bonds is 0. The summed E-state index contributed by atoms with van der Waals surface area (Å²) in [7, 11) is 0. The van der Waals surface area contributed by atoms with Crippen LogP contribution in [0.2, 0.25) is 0 Å². The lowest BCUT2D eigenvalue weighted by molar-refractivity contribution is -0.106. The zero-order valence-electron chi connectivity index (χ0n) is 4.98. The van der Waals surface area contributed by atoms with E-state index in [2.05, 4.69) is 15.2 Å². The molecule has 0 aliphatic carbocycles. The van der Waals surface area contributed by atoms with E-state index in [0.717, 1.165) is 6.21 Å². The van der Waals surface area contributed by atoms with Gasteiger partial charge in [0.25, 0.3) is 0 Å². The zero-order chi connectivity index (χ0) is 6.97. The fourth-order valence-corrected chi connectivity index (χ4v) is 0.803. The van der Waals surface area contributed by atoms with Gasteiger partial charge in [-0.2, -0.15) is 5.10 Å². The summed E-state index contributed by atoms with van der Waals surface area (Å²) in [4.78, 5) is 14.7. The maximum atomic E-state index is 10.9. The molecule has 2 aliphatic heterocycles. The second kappa shape index (κ2) is 1.70. The molecular formula is C6H3N3O. The van der Waals surface area contributed by atoms with E-state index < -0.39 is 0 Å². The third-order valence-corrected chi connectivity index (χ3v) is 1.25. The lowest BCUT2D eigenvalue weighted by Crippen LogP contribution is -2.23. The van der Waals surface area contributed by atoms with Gasteiger partial charge in [0.2, 0.25) is 5.78 Å². The summed E-state index contributed by atoms with van der Waals surface area (Å²) < 4.78 is 0. The highest BCUT2D eigenvalue weighted by Gasteiger charge is 2.19. The van der Waals surface area contributed by atoms with E-state index in [1.54, 1.807) is 12.3 Å². The van der Waals surface area contributed by atoms with Gasteiger partial charge in [-0.05, 0) is 6.08 Å². The number of nitrogens with zero attached hydrogens (tertiary/aromatic N) is 3. The van der Waals surface area contributed by atoms with Crippen LogP contribution in [-0.2, 0) is 4.79 Å². The molecule has 0 spiro atoms. The quantitative estimate of drug-likeness (QED) is 0.457. The van der Waals surface area contributed by atoms with Gasteiger partial charge in [-0.25, -0.2) is 0 Å². The fourth-order valence-electron chi connectivity index (χ4n) is 0.803. The Kier molecular flexibility index (Phi) is 0.887. The largest absolute Gasteiger partial charge is 0.286 e. The minimum absolute atomic E-state index is 0.171. The number of carbonyl (C=O) groups is 1. The van der Waals surface area contributed by atoms with Crippen molar-refractivity contribution in [3.63, 3.8) is 0 Å². The molecule has 10 heavy (non-hydrogen) atoms. The van der Waals surface area contributed by atoms with Crippen LogP contribution in [0.3, 0.4) is 0 Å². The number of hydrogen-bond donors (Lipinski definition) is 0. The predicted octanol–water partition coefficient (Wildman–Crippen LogP) is -0.0358. The zero-order valence-corrected chi connectivity index (χ0v) is 4.98. The number of hydrogen-bond acceptors (Lipinski definition) is 4. The van der Waals surface area contributed by atoms with Gasteiger partial charge < -0.3 is 0 Å². The molecule has 0 atom stereocenters. The third kappa shape index (κ3) is 0.556. The summed E-state index contributed by atoms with van der Waals surface area (Å²) in [6, 6.07) is 0. The average molecular weight is 133 g/mol. The monoisotopic (exact) mass is 133 g/mol. The van der Waals surface area contributed by atoms with E-state index >= 15 is 0 Å². The maximum absolute atomic E-state index is 10.9.